The van der Waals surface area contributed by atoms with Crippen LogP contribution in [-0.4, -0.2) is 31.1 Å². The zero-order chi connectivity index (χ0) is 13.6. The topological polar surface area (TPSA) is 81.4 Å². The Labute approximate surface area is 103 Å². The van der Waals surface area contributed by atoms with Gasteiger partial charge in [-0.15, -0.1) is 0 Å². The lowest BCUT2D eigenvalue weighted by atomic mass is 9.87. The van der Waals surface area contributed by atoms with Gasteiger partial charge in [0.2, 0.25) is 5.91 Å². The Bertz CT molecular complexity index is 271. The number of ether oxygens (including phenoxy) is 1. The van der Waals surface area contributed by atoms with Gasteiger partial charge in [0.15, 0.2) is 0 Å². The minimum absolute atomic E-state index is 0.0909. The smallest absolute Gasteiger partial charge is 0.328 e. The molecule has 0 spiro atoms. The summed E-state index contributed by atoms with van der Waals surface area (Å²) in [6, 6.07) is -0.825. The Hall–Kier alpha value is -1.10. The van der Waals surface area contributed by atoms with E-state index in [1.54, 1.807) is 6.92 Å². The molecule has 0 aliphatic heterocycles. The zero-order valence-corrected chi connectivity index (χ0v) is 11.4. The lowest BCUT2D eigenvalue weighted by molar-refractivity contribution is -0.144. The molecule has 17 heavy (non-hydrogen) atoms. The number of methoxy groups -OCH3 is 1. The summed E-state index contributed by atoms with van der Waals surface area (Å²) in [4.78, 5) is 22.7. The standard InChI is InChI=1S/C12H24N2O3/c1-8(11(16)17-5)14-10(15)6-9(13)7-12(2,3)4/h8-9H,6-7,13H2,1-5H3,(H,14,15)/t8-,9?/m0/s1. The number of hydrogen-bond acceptors (Lipinski definition) is 4. The van der Waals surface area contributed by atoms with Crippen molar-refractivity contribution in [2.24, 2.45) is 11.1 Å². The van der Waals surface area contributed by atoms with Crippen LogP contribution in [0.1, 0.15) is 40.5 Å². The Morgan fingerprint density at radius 2 is 1.88 bits per heavy atom. The molecule has 0 bridgehead atoms. The second-order valence-electron chi connectivity index (χ2n) is 5.54. The molecule has 0 aromatic rings. The first-order valence-electron chi connectivity index (χ1n) is 5.78. The number of esters is 1. The van der Waals surface area contributed by atoms with Gasteiger partial charge in [-0.25, -0.2) is 4.79 Å². The molecule has 100 valence electrons. The average molecular weight is 244 g/mol. The fraction of sp³-hybridized carbons (Fsp3) is 0.833. The molecular formula is C12H24N2O3. The van der Waals surface area contributed by atoms with Gasteiger partial charge in [0.1, 0.15) is 6.04 Å². The van der Waals surface area contributed by atoms with Crippen molar-refractivity contribution in [3.05, 3.63) is 0 Å². The molecule has 0 aromatic heterocycles. The highest BCUT2D eigenvalue weighted by Gasteiger charge is 2.20. The fourth-order valence-corrected chi connectivity index (χ4v) is 1.63. The maximum absolute atomic E-state index is 11.6. The molecule has 1 amide bonds. The van der Waals surface area contributed by atoms with E-state index in [1.807, 2.05) is 0 Å². The summed E-state index contributed by atoms with van der Waals surface area (Å²) in [6.45, 7) is 7.80. The summed E-state index contributed by atoms with van der Waals surface area (Å²) in [5.74, 6) is -0.678. The van der Waals surface area contributed by atoms with Crippen LogP contribution < -0.4 is 11.1 Å². The lowest BCUT2D eigenvalue weighted by Crippen LogP contribution is -2.42. The van der Waals surface area contributed by atoms with Crippen LogP contribution in [0.5, 0.6) is 0 Å². The van der Waals surface area contributed by atoms with E-state index in [-0.39, 0.29) is 23.8 Å². The predicted octanol–water partition coefficient (Wildman–Crippen LogP) is 0.818. The summed E-state index contributed by atoms with van der Waals surface area (Å²) in [6.07, 6.45) is 0.978. The number of carbonyl (C=O) groups excluding carboxylic acids is 2. The molecule has 0 heterocycles. The molecule has 0 aliphatic rings. The third-order valence-electron chi connectivity index (χ3n) is 2.25. The van der Waals surface area contributed by atoms with Crippen LogP contribution in [-0.2, 0) is 14.3 Å². The van der Waals surface area contributed by atoms with Crippen molar-refractivity contribution < 1.29 is 14.3 Å². The van der Waals surface area contributed by atoms with E-state index in [4.69, 9.17) is 5.73 Å². The highest BCUT2D eigenvalue weighted by atomic mass is 16.5. The summed E-state index contributed by atoms with van der Waals surface area (Å²) in [7, 11) is 1.29. The van der Waals surface area contributed by atoms with E-state index in [1.165, 1.54) is 7.11 Å². The van der Waals surface area contributed by atoms with Gasteiger partial charge in [0.25, 0.3) is 0 Å². The van der Waals surface area contributed by atoms with E-state index in [9.17, 15) is 9.59 Å². The van der Waals surface area contributed by atoms with E-state index < -0.39 is 12.0 Å². The minimum atomic E-state index is -0.630. The van der Waals surface area contributed by atoms with E-state index in [0.717, 1.165) is 6.42 Å². The third kappa shape index (κ3) is 7.74. The summed E-state index contributed by atoms with van der Waals surface area (Å²) >= 11 is 0. The summed E-state index contributed by atoms with van der Waals surface area (Å²) in [5.41, 5.74) is 5.96. The molecule has 1 unspecified atom stereocenters. The van der Waals surface area contributed by atoms with Crippen LogP contribution >= 0.6 is 0 Å². The number of carbonyl (C=O) groups is 2. The quantitative estimate of drug-likeness (QED) is 0.701. The fourth-order valence-electron chi connectivity index (χ4n) is 1.63. The van der Waals surface area contributed by atoms with Crippen LogP contribution in [0, 0.1) is 5.41 Å². The SMILES string of the molecule is COC(=O)[C@H](C)NC(=O)CC(N)CC(C)(C)C. The molecule has 0 aliphatic carbocycles. The zero-order valence-electron chi connectivity index (χ0n) is 11.4. The summed E-state index contributed by atoms with van der Waals surface area (Å²) < 4.78 is 4.51. The average Bonchev–Trinajstić information content (AvgIpc) is 2.12. The third-order valence-corrected chi connectivity index (χ3v) is 2.25. The van der Waals surface area contributed by atoms with Crippen LogP contribution in [0.15, 0.2) is 0 Å². The van der Waals surface area contributed by atoms with Gasteiger partial charge in [-0.2, -0.15) is 0 Å². The van der Waals surface area contributed by atoms with Gasteiger partial charge in [-0.3, -0.25) is 4.79 Å². The molecule has 5 heteroatoms. The van der Waals surface area contributed by atoms with Crippen molar-refractivity contribution >= 4 is 11.9 Å². The Morgan fingerprint density at radius 3 is 2.29 bits per heavy atom. The predicted molar refractivity (Wildman–Crippen MR) is 66.3 cm³/mol. The van der Waals surface area contributed by atoms with E-state index in [2.05, 4.69) is 30.8 Å². The highest BCUT2D eigenvalue weighted by Crippen LogP contribution is 2.20. The Kier molecular flexibility index (Phi) is 6.16. The van der Waals surface area contributed by atoms with Crippen molar-refractivity contribution in [3.63, 3.8) is 0 Å². The van der Waals surface area contributed by atoms with E-state index >= 15 is 0 Å². The van der Waals surface area contributed by atoms with Gasteiger partial charge in [-0.05, 0) is 18.8 Å². The molecule has 0 saturated carbocycles. The second-order valence-corrected chi connectivity index (χ2v) is 5.54. The normalized spacial score (nSPS) is 14.9. The van der Waals surface area contributed by atoms with Crippen molar-refractivity contribution in [2.45, 2.75) is 52.6 Å². The highest BCUT2D eigenvalue weighted by molar-refractivity contribution is 5.84. The first-order valence-corrected chi connectivity index (χ1v) is 5.78. The molecule has 0 radical (unpaired) electrons. The van der Waals surface area contributed by atoms with Gasteiger partial charge in [0, 0.05) is 12.5 Å². The molecule has 0 saturated heterocycles. The van der Waals surface area contributed by atoms with Crippen LogP contribution in [0.2, 0.25) is 0 Å². The summed E-state index contributed by atoms with van der Waals surface area (Å²) in [5, 5.41) is 2.55. The molecule has 0 rings (SSSR count). The maximum Gasteiger partial charge on any atom is 0.328 e. The Morgan fingerprint density at radius 1 is 1.35 bits per heavy atom. The number of nitrogens with two attached hydrogens (primary N) is 1. The van der Waals surface area contributed by atoms with Gasteiger partial charge in [-0.1, -0.05) is 20.8 Å². The molecule has 0 fully saturated rings. The first-order chi connectivity index (χ1) is 7.65. The lowest BCUT2D eigenvalue weighted by Gasteiger charge is -2.23. The number of hydrogen-bond donors (Lipinski definition) is 2. The molecule has 0 aromatic carbocycles. The molecule has 5 nitrogen and oxygen atoms in total. The number of nitrogens with one attached hydrogen (secondary N) is 1. The second kappa shape index (κ2) is 6.59. The first kappa shape index (κ1) is 15.9. The molecular weight excluding hydrogens is 220 g/mol. The molecule has 3 N–H and O–H groups in total. The van der Waals surface area contributed by atoms with Crippen molar-refractivity contribution in [3.8, 4) is 0 Å². The minimum Gasteiger partial charge on any atom is -0.467 e. The maximum atomic E-state index is 11.6. The van der Waals surface area contributed by atoms with Crippen molar-refractivity contribution in [1.29, 1.82) is 0 Å². The molecule has 2 atom stereocenters. The number of amides is 1. The van der Waals surface area contributed by atoms with E-state index in [0.29, 0.717) is 0 Å². The Balaban J connectivity index is 4.06. The van der Waals surface area contributed by atoms with Gasteiger partial charge >= 0.3 is 5.97 Å². The van der Waals surface area contributed by atoms with Gasteiger partial charge in [0.05, 0.1) is 7.11 Å². The number of rotatable bonds is 5. The largest absolute Gasteiger partial charge is 0.467 e. The van der Waals surface area contributed by atoms with Crippen molar-refractivity contribution in [1.82, 2.24) is 5.32 Å². The van der Waals surface area contributed by atoms with Crippen LogP contribution in [0.3, 0.4) is 0 Å². The van der Waals surface area contributed by atoms with Crippen molar-refractivity contribution in [2.75, 3.05) is 7.11 Å². The van der Waals surface area contributed by atoms with Crippen LogP contribution in [0.4, 0.5) is 0 Å². The van der Waals surface area contributed by atoms with Gasteiger partial charge < -0.3 is 15.8 Å². The monoisotopic (exact) mass is 244 g/mol. The van der Waals surface area contributed by atoms with Crippen LogP contribution in [0.25, 0.3) is 0 Å².